The summed E-state index contributed by atoms with van der Waals surface area (Å²) in [6.45, 7) is 1.27. The molecule has 0 aromatic rings. The van der Waals surface area contributed by atoms with Crippen molar-refractivity contribution in [1.82, 2.24) is 5.32 Å². The molecule has 0 aromatic carbocycles. The maximum Gasteiger partial charge on any atom is 0.0785 e. The van der Waals surface area contributed by atoms with Crippen LogP contribution < -0.4 is 11.1 Å². The first kappa shape index (κ1) is 10.9. The van der Waals surface area contributed by atoms with Gasteiger partial charge >= 0.3 is 0 Å². The fraction of sp³-hybridized carbons (Fsp3) is 1.00. The van der Waals surface area contributed by atoms with E-state index in [1.54, 1.807) is 7.11 Å². The van der Waals surface area contributed by atoms with Gasteiger partial charge in [-0.1, -0.05) is 0 Å². The predicted molar refractivity (Wildman–Crippen MR) is 51.5 cm³/mol. The van der Waals surface area contributed by atoms with Gasteiger partial charge in [0.05, 0.1) is 12.7 Å². The molecule has 0 aliphatic heterocycles. The second kappa shape index (κ2) is 5.54. The molecule has 0 spiro atoms. The molecule has 4 heteroatoms. The maximum atomic E-state index is 9.32. The first-order valence-corrected chi connectivity index (χ1v) is 4.88. The van der Waals surface area contributed by atoms with Gasteiger partial charge in [-0.05, 0) is 25.8 Å². The minimum Gasteiger partial charge on any atom is -0.391 e. The quantitative estimate of drug-likeness (QED) is 0.524. The zero-order chi connectivity index (χ0) is 9.68. The zero-order valence-electron chi connectivity index (χ0n) is 8.20. The van der Waals surface area contributed by atoms with Gasteiger partial charge in [0.2, 0.25) is 0 Å². The Hall–Kier alpha value is -0.160. The van der Waals surface area contributed by atoms with Crippen LogP contribution in [0.5, 0.6) is 0 Å². The van der Waals surface area contributed by atoms with Crippen molar-refractivity contribution in [2.45, 2.75) is 37.5 Å². The van der Waals surface area contributed by atoms with Crippen LogP contribution in [-0.2, 0) is 4.74 Å². The zero-order valence-corrected chi connectivity index (χ0v) is 8.20. The molecule has 1 atom stereocenters. The van der Waals surface area contributed by atoms with Crippen molar-refractivity contribution in [1.29, 1.82) is 0 Å². The molecule has 0 bridgehead atoms. The fourth-order valence-electron chi connectivity index (χ4n) is 1.56. The van der Waals surface area contributed by atoms with E-state index >= 15 is 0 Å². The molecule has 1 rings (SSSR count). The van der Waals surface area contributed by atoms with Crippen LogP contribution in [0.2, 0.25) is 0 Å². The first-order valence-electron chi connectivity index (χ1n) is 4.88. The third-order valence-corrected chi connectivity index (χ3v) is 2.44. The highest BCUT2D eigenvalue weighted by atomic mass is 16.5. The average molecular weight is 188 g/mol. The van der Waals surface area contributed by atoms with Crippen LogP contribution in [0.25, 0.3) is 0 Å². The van der Waals surface area contributed by atoms with Crippen molar-refractivity contribution in [2.75, 3.05) is 20.3 Å². The highest BCUT2D eigenvalue weighted by molar-refractivity contribution is 4.87. The van der Waals surface area contributed by atoms with Crippen LogP contribution in [0.15, 0.2) is 0 Å². The van der Waals surface area contributed by atoms with Crippen LogP contribution >= 0.6 is 0 Å². The minimum absolute atomic E-state index is 0.341. The summed E-state index contributed by atoms with van der Waals surface area (Å²) >= 11 is 0. The average Bonchev–Trinajstić information content (AvgIpc) is 2.01. The van der Waals surface area contributed by atoms with Gasteiger partial charge in [0.25, 0.3) is 0 Å². The van der Waals surface area contributed by atoms with Gasteiger partial charge in [0, 0.05) is 19.2 Å². The smallest absolute Gasteiger partial charge is 0.0785 e. The molecule has 0 aromatic heterocycles. The van der Waals surface area contributed by atoms with Gasteiger partial charge in [-0.2, -0.15) is 0 Å². The lowest BCUT2D eigenvalue weighted by atomic mass is 9.87. The number of nitrogens with two attached hydrogens (primary N) is 1. The SMILES string of the molecule is COCC(O)CCNC1CC(N)C1. The van der Waals surface area contributed by atoms with E-state index in [1.807, 2.05) is 0 Å². The Kier molecular flexibility index (Phi) is 4.66. The Morgan fingerprint density at radius 3 is 2.85 bits per heavy atom. The minimum atomic E-state index is -0.341. The molecule has 1 aliphatic carbocycles. The van der Waals surface area contributed by atoms with E-state index in [0.717, 1.165) is 25.8 Å². The molecule has 1 fully saturated rings. The predicted octanol–water partition coefficient (Wildman–Crippen LogP) is -0.537. The molecular weight excluding hydrogens is 168 g/mol. The highest BCUT2D eigenvalue weighted by Crippen LogP contribution is 2.16. The molecule has 4 nitrogen and oxygen atoms in total. The van der Waals surface area contributed by atoms with Crippen LogP contribution in [0.4, 0.5) is 0 Å². The number of nitrogens with one attached hydrogen (secondary N) is 1. The molecule has 1 aliphatic rings. The van der Waals surface area contributed by atoms with Crippen LogP contribution in [0.1, 0.15) is 19.3 Å². The van der Waals surface area contributed by atoms with Crippen LogP contribution in [0, 0.1) is 0 Å². The summed E-state index contributed by atoms with van der Waals surface area (Å²) in [5.41, 5.74) is 5.64. The summed E-state index contributed by atoms with van der Waals surface area (Å²) in [5.74, 6) is 0. The molecule has 1 saturated carbocycles. The van der Waals surface area contributed by atoms with Gasteiger partial charge in [-0.15, -0.1) is 0 Å². The highest BCUT2D eigenvalue weighted by Gasteiger charge is 2.24. The molecule has 78 valence electrons. The number of hydrogen-bond donors (Lipinski definition) is 3. The monoisotopic (exact) mass is 188 g/mol. The lowest BCUT2D eigenvalue weighted by Crippen LogP contribution is -2.48. The van der Waals surface area contributed by atoms with E-state index in [1.165, 1.54) is 0 Å². The van der Waals surface area contributed by atoms with Crippen molar-refractivity contribution in [3.05, 3.63) is 0 Å². The lowest BCUT2D eigenvalue weighted by molar-refractivity contribution is 0.0582. The number of aliphatic hydroxyl groups excluding tert-OH is 1. The topological polar surface area (TPSA) is 67.5 Å². The number of rotatable bonds is 6. The number of methoxy groups -OCH3 is 1. The normalized spacial score (nSPS) is 29.8. The van der Waals surface area contributed by atoms with Gasteiger partial charge in [0.15, 0.2) is 0 Å². The molecule has 0 heterocycles. The van der Waals surface area contributed by atoms with E-state index in [0.29, 0.717) is 18.7 Å². The van der Waals surface area contributed by atoms with Crippen molar-refractivity contribution in [3.63, 3.8) is 0 Å². The van der Waals surface area contributed by atoms with E-state index < -0.39 is 0 Å². The van der Waals surface area contributed by atoms with Crippen LogP contribution in [0.3, 0.4) is 0 Å². The molecule has 0 saturated heterocycles. The van der Waals surface area contributed by atoms with Crippen molar-refractivity contribution in [2.24, 2.45) is 5.73 Å². The Balaban J connectivity index is 1.89. The van der Waals surface area contributed by atoms with Crippen molar-refractivity contribution in [3.8, 4) is 0 Å². The Bertz CT molecular complexity index is 133. The summed E-state index contributed by atoms with van der Waals surface area (Å²) in [5, 5.41) is 12.7. The molecule has 1 unspecified atom stereocenters. The molecule has 0 radical (unpaired) electrons. The van der Waals surface area contributed by atoms with Crippen molar-refractivity contribution < 1.29 is 9.84 Å². The van der Waals surface area contributed by atoms with E-state index in [4.69, 9.17) is 10.5 Å². The number of ether oxygens (including phenoxy) is 1. The summed E-state index contributed by atoms with van der Waals surface area (Å²) in [6.07, 6.45) is 2.55. The third-order valence-electron chi connectivity index (χ3n) is 2.44. The molecular formula is C9H20N2O2. The standard InChI is InChI=1S/C9H20N2O2/c1-13-6-9(12)2-3-11-8-4-7(10)5-8/h7-9,11-12H,2-6,10H2,1H3. The second-order valence-electron chi connectivity index (χ2n) is 3.78. The first-order chi connectivity index (χ1) is 6.22. The Morgan fingerprint density at radius 2 is 2.31 bits per heavy atom. The summed E-state index contributed by atoms with van der Waals surface area (Å²) in [4.78, 5) is 0. The number of aliphatic hydroxyl groups is 1. The second-order valence-corrected chi connectivity index (χ2v) is 3.78. The van der Waals surface area contributed by atoms with Gasteiger partial charge in [-0.3, -0.25) is 0 Å². The summed E-state index contributed by atoms with van der Waals surface area (Å²) < 4.78 is 4.82. The largest absolute Gasteiger partial charge is 0.391 e. The maximum absolute atomic E-state index is 9.32. The van der Waals surface area contributed by atoms with Crippen LogP contribution in [-0.4, -0.2) is 43.6 Å². The van der Waals surface area contributed by atoms with E-state index in [-0.39, 0.29) is 6.10 Å². The van der Waals surface area contributed by atoms with Gasteiger partial charge in [0.1, 0.15) is 0 Å². The molecule has 4 N–H and O–H groups in total. The summed E-state index contributed by atoms with van der Waals surface area (Å²) in [6, 6.07) is 0.964. The lowest BCUT2D eigenvalue weighted by Gasteiger charge is -2.33. The third kappa shape index (κ3) is 4.04. The van der Waals surface area contributed by atoms with E-state index in [9.17, 15) is 5.11 Å². The van der Waals surface area contributed by atoms with Gasteiger partial charge < -0.3 is 20.9 Å². The Morgan fingerprint density at radius 1 is 1.62 bits per heavy atom. The molecule has 0 amide bonds. The number of hydrogen-bond acceptors (Lipinski definition) is 4. The van der Waals surface area contributed by atoms with E-state index in [2.05, 4.69) is 5.32 Å². The summed E-state index contributed by atoms with van der Waals surface area (Å²) in [7, 11) is 1.60. The van der Waals surface area contributed by atoms with Gasteiger partial charge in [-0.25, -0.2) is 0 Å². The molecule has 13 heavy (non-hydrogen) atoms. The fourth-order valence-corrected chi connectivity index (χ4v) is 1.56. The Labute approximate surface area is 79.5 Å². The van der Waals surface area contributed by atoms with Crippen molar-refractivity contribution >= 4 is 0 Å².